The lowest BCUT2D eigenvalue weighted by atomic mass is 10.1. The zero-order valence-corrected chi connectivity index (χ0v) is 16.7. The predicted molar refractivity (Wildman–Crippen MR) is 108 cm³/mol. The number of nitrogens with zero attached hydrogens (tertiary/aromatic N) is 2. The molecule has 3 rings (SSSR count). The molecule has 0 atom stereocenters. The van der Waals surface area contributed by atoms with Gasteiger partial charge in [-0.2, -0.15) is 0 Å². The Morgan fingerprint density at radius 3 is 2.85 bits per heavy atom. The third kappa shape index (κ3) is 4.51. The SMILES string of the molecule is CCCCc1ccc(NC(=O)CSc2nc3c(c(=O)n2C)SCC3)cc1. The molecule has 1 N–H and O–H groups in total. The van der Waals surface area contributed by atoms with Gasteiger partial charge in [-0.1, -0.05) is 37.2 Å². The van der Waals surface area contributed by atoms with E-state index in [0.717, 1.165) is 34.9 Å². The number of nitrogens with one attached hydrogen (secondary N) is 1. The minimum atomic E-state index is -0.0968. The standard InChI is InChI=1S/C19H23N3O2S2/c1-3-4-5-13-6-8-14(9-7-13)20-16(23)12-26-19-21-15-10-11-25-17(15)18(24)22(19)2/h6-9H,3-5,10-12H2,1-2H3,(H,20,23). The van der Waals surface area contributed by atoms with Crippen molar-refractivity contribution in [3.05, 3.63) is 45.9 Å². The molecule has 1 amide bonds. The van der Waals surface area contributed by atoms with Gasteiger partial charge in [-0.15, -0.1) is 11.8 Å². The fourth-order valence-electron chi connectivity index (χ4n) is 2.76. The fourth-order valence-corrected chi connectivity index (χ4v) is 4.62. The van der Waals surface area contributed by atoms with Crippen molar-refractivity contribution in [2.24, 2.45) is 7.05 Å². The van der Waals surface area contributed by atoms with E-state index in [1.54, 1.807) is 18.8 Å². The average molecular weight is 390 g/mol. The number of anilines is 1. The molecule has 1 aromatic carbocycles. The largest absolute Gasteiger partial charge is 0.325 e. The van der Waals surface area contributed by atoms with E-state index in [9.17, 15) is 9.59 Å². The van der Waals surface area contributed by atoms with Crippen LogP contribution in [0.15, 0.2) is 39.1 Å². The van der Waals surface area contributed by atoms with Gasteiger partial charge in [-0.05, 0) is 30.5 Å². The van der Waals surface area contributed by atoms with E-state index in [4.69, 9.17) is 0 Å². The number of aryl methyl sites for hydroxylation is 2. The molecule has 26 heavy (non-hydrogen) atoms. The molecule has 0 spiro atoms. The van der Waals surface area contributed by atoms with Crippen molar-refractivity contribution >= 4 is 35.1 Å². The van der Waals surface area contributed by atoms with Gasteiger partial charge in [0.25, 0.3) is 5.56 Å². The van der Waals surface area contributed by atoms with Gasteiger partial charge in [0.2, 0.25) is 5.91 Å². The molecule has 1 aliphatic heterocycles. The van der Waals surface area contributed by atoms with Gasteiger partial charge in [0, 0.05) is 24.9 Å². The summed E-state index contributed by atoms with van der Waals surface area (Å²) >= 11 is 2.86. The lowest BCUT2D eigenvalue weighted by molar-refractivity contribution is -0.113. The Morgan fingerprint density at radius 1 is 1.35 bits per heavy atom. The molecule has 0 fully saturated rings. The number of fused-ring (bicyclic) bond motifs is 1. The first kappa shape index (κ1) is 19.0. The summed E-state index contributed by atoms with van der Waals surface area (Å²) in [6, 6.07) is 7.99. The van der Waals surface area contributed by atoms with E-state index >= 15 is 0 Å². The Labute approximate surface area is 162 Å². The minimum absolute atomic E-state index is 0.0110. The fraction of sp³-hybridized carbons (Fsp3) is 0.421. The first-order chi connectivity index (χ1) is 12.6. The molecule has 0 radical (unpaired) electrons. The topological polar surface area (TPSA) is 64.0 Å². The highest BCUT2D eigenvalue weighted by molar-refractivity contribution is 8.00. The Hall–Kier alpha value is -1.73. The van der Waals surface area contributed by atoms with Crippen LogP contribution < -0.4 is 10.9 Å². The Morgan fingerprint density at radius 2 is 2.12 bits per heavy atom. The molecule has 0 saturated carbocycles. The van der Waals surface area contributed by atoms with Crippen LogP contribution >= 0.6 is 23.5 Å². The van der Waals surface area contributed by atoms with Crippen molar-refractivity contribution in [3.63, 3.8) is 0 Å². The second-order valence-corrected chi connectivity index (χ2v) is 8.32. The number of unbranched alkanes of at least 4 members (excludes halogenated alkanes) is 1. The van der Waals surface area contributed by atoms with Crippen LogP contribution in [0.2, 0.25) is 0 Å². The molecular weight excluding hydrogens is 366 g/mol. The monoisotopic (exact) mass is 389 g/mol. The van der Waals surface area contributed by atoms with E-state index in [0.29, 0.717) is 5.16 Å². The quantitative estimate of drug-likeness (QED) is 0.580. The molecule has 7 heteroatoms. The first-order valence-corrected chi connectivity index (χ1v) is 10.8. The van der Waals surface area contributed by atoms with Gasteiger partial charge in [0.05, 0.1) is 16.3 Å². The molecule has 138 valence electrons. The summed E-state index contributed by atoms with van der Waals surface area (Å²) in [7, 11) is 1.71. The summed E-state index contributed by atoms with van der Waals surface area (Å²) < 4.78 is 1.54. The third-order valence-electron chi connectivity index (χ3n) is 4.25. The van der Waals surface area contributed by atoms with Crippen molar-refractivity contribution in [1.82, 2.24) is 9.55 Å². The number of hydrogen-bond acceptors (Lipinski definition) is 5. The van der Waals surface area contributed by atoms with Gasteiger partial charge in [0.15, 0.2) is 5.16 Å². The molecule has 0 unspecified atom stereocenters. The summed E-state index contributed by atoms with van der Waals surface area (Å²) in [5.41, 5.74) is 2.93. The summed E-state index contributed by atoms with van der Waals surface area (Å²) in [5.74, 6) is 1.03. The minimum Gasteiger partial charge on any atom is -0.325 e. The zero-order valence-electron chi connectivity index (χ0n) is 15.1. The number of thioether (sulfide) groups is 2. The van der Waals surface area contributed by atoms with E-state index in [1.807, 2.05) is 12.1 Å². The van der Waals surface area contributed by atoms with Gasteiger partial charge in [0.1, 0.15) is 0 Å². The van der Waals surface area contributed by atoms with Crippen molar-refractivity contribution < 1.29 is 4.79 Å². The van der Waals surface area contributed by atoms with Crippen molar-refractivity contribution in [2.45, 2.75) is 42.7 Å². The van der Waals surface area contributed by atoms with Crippen LogP contribution in [0.1, 0.15) is 31.0 Å². The lowest BCUT2D eigenvalue weighted by Gasteiger charge is -2.10. The lowest BCUT2D eigenvalue weighted by Crippen LogP contribution is -2.23. The number of amides is 1. The molecule has 0 saturated heterocycles. The Kier molecular flexibility index (Phi) is 6.43. The predicted octanol–water partition coefficient (Wildman–Crippen LogP) is 3.50. The Balaban J connectivity index is 1.58. The van der Waals surface area contributed by atoms with E-state index in [2.05, 4.69) is 29.4 Å². The number of carbonyl (C=O) groups is 1. The van der Waals surface area contributed by atoms with E-state index in [-0.39, 0.29) is 17.2 Å². The highest BCUT2D eigenvalue weighted by Gasteiger charge is 2.20. The summed E-state index contributed by atoms with van der Waals surface area (Å²) in [6.07, 6.45) is 4.23. The average Bonchev–Trinajstić information content (AvgIpc) is 3.11. The highest BCUT2D eigenvalue weighted by atomic mass is 32.2. The summed E-state index contributed by atoms with van der Waals surface area (Å²) in [5, 5.41) is 3.50. The molecule has 5 nitrogen and oxygen atoms in total. The van der Waals surface area contributed by atoms with Crippen molar-refractivity contribution in [2.75, 3.05) is 16.8 Å². The zero-order chi connectivity index (χ0) is 18.5. The smallest absolute Gasteiger partial charge is 0.267 e. The summed E-state index contributed by atoms with van der Waals surface area (Å²) in [4.78, 5) is 29.8. The molecular formula is C19H23N3O2S2. The van der Waals surface area contributed by atoms with Gasteiger partial charge >= 0.3 is 0 Å². The van der Waals surface area contributed by atoms with E-state index in [1.165, 1.54) is 34.7 Å². The number of rotatable bonds is 7. The first-order valence-electron chi connectivity index (χ1n) is 8.82. The Bertz CT molecular complexity index is 847. The number of carbonyl (C=O) groups excluding carboxylic acids is 1. The number of hydrogen-bond donors (Lipinski definition) is 1. The van der Waals surface area contributed by atoms with Crippen LogP contribution in [-0.2, 0) is 24.7 Å². The number of aromatic nitrogens is 2. The van der Waals surface area contributed by atoms with Crippen molar-refractivity contribution in [3.8, 4) is 0 Å². The van der Waals surface area contributed by atoms with E-state index < -0.39 is 0 Å². The van der Waals surface area contributed by atoms with Crippen molar-refractivity contribution in [1.29, 1.82) is 0 Å². The van der Waals surface area contributed by atoms with Gasteiger partial charge in [-0.25, -0.2) is 4.98 Å². The van der Waals surface area contributed by atoms with Crippen LogP contribution in [0.5, 0.6) is 0 Å². The van der Waals surface area contributed by atoms with Crippen LogP contribution in [0.25, 0.3) is 0 Å². The normalized spacial score (nSPS) is 12.8. The maximum Gasteiger partial charge on any atom is 0.267 e. The maximum atomic E-state index is 12.3. The van der Waals surface area contributed by atoms with Gasteiger partial charge in [-0.3, -0.25) is 14.2 Å². The van der Waals surface area contributed by atoms with Crippen LogP contribution in [-0.4, -0.2) is 27.0 Å². The van der Waals surface area contributed by atoms with Crippen LogP contribution in [0.3, 0.4) is 0 Å². The maximum absolute atomic E-state index is 12.3. The summed E-state index contributed by atoms with van der Waals surface area (Å²) in [6.45, 7) is 2.18. The molecule has 1 aliphatic rings. The second kappa shape index (κ2) is 8.77. The second-order valence-electron chi connectivity index (χ2n) is 6.27. The number of benzene rings is 1. The van der Waals surface area contributed by atoms with Crippen LogP contribution in [0.4, 0.5) is 5.69 Å². The molecule has 0 aliphatic carbocycles. The van der Waals surface area contributed by atoms with Gasteiger partial charge < -0.3 is 5.32 Å². The molecule has 2 aromatic rings. The van der Waals surface area contributed by atoms with Crippen LogP contribution in [0, 0.1) is 0 Å². The molecule has 1 aromatic heterocycles. The third-order valence-corrected chi connectivity index (χ3v) is 6.39. The molecule has 2 heterocycles. The molecule has 0 bridgehead atoms. The highest BCUT2D eigenvalue weighted by Crippen LogP contribution is 2.28.